The maximum atomic E-state index is 13.3. The first-order valence-corrected chi connectivity index (χ1v) is 14.4. The number of hydrogen-bond donors (Lipinski definition) is 2. The fourth-order valence-corrected chi connectivity index (χ4v) is 7.06. The SMILES string of the molecule is COc1ccc(S(=O)(=O)c2c[nH]cc2-c2ccc(-c3c[nH]cc3S(=O)(=O)c3ccc(OC)cc3)cc2)cc1. The number of aromatic amines is 2. The van der Waals surface area contributed by atoms with E-state index in [2.05, 4.69) is 9.97 Å². The summed E-state index contributed by atoms with van der Waals surface area (Å²) in [5.41, 5.74) is 2.34. The van der Waals surface area contributed by atoms with Gasteiger partial charge in [-0.2, -0.15) is 0 Å². The molecule has 0 unspecified atom stereocenters. The van der Waals surface area contributed by atoms with Crippen LogP contribution >= 0.6 is 0 Å². The Morgan fingerprint density at radius 2 is 0.842 bits per heavy atom. The smallest absolute Gasteiger partial charge is 0.208 e. The van der Waals surface area contributed by atoms with Crippen LogP contribution in [-0.2, 0) is 19.7 Å². The first-order valence-electron chi connectivity index (χ1n) is 11.5. The van der Waals surface area contributed by atoms with E-state index in [1.54, 1.807) is 60.9 Å². The fraction of sp³-hybridized carbons (Fsp3) is 0.0714. The van der Waals surface area contributed by atoms with Gasteiger partial charge in [0.25, 0.3) is 0 Å². The molecule has 5 aromatic rings. The average Bonchev–Trinajstić information content (AvgIpc) is 3.64. The average molecular weight is 549 g/mol. The Bertz CT molecular complexity index is 1650. The van der Waals surface area contributed by atoms with Crippen molar-refractivity contribution >= 4 is 19.7 Å². The lowest BCUT2D eigenvalue weighted by Crippen LogP contribution is -2.03. The maximum absolute atomic E-state index is 13.3. The van der Waals surface area contributed by atoms with Gasteiger partial charge in [0.2, 0.25) is 19.7 Å². The summed E-state index contributed by atoms with van der Waals surface area (Å²) in [5.74, 6) is 1.12. The summed E-state index contributed by atoms with van der Waals surface area (Å²) in [6, 6.07) is 19.5. The molecule has 0 aliphatic carbocycles. The molecule has 0 radical (unpaired) electrons. The highest BCUT2D eigenvalue weighted by Crippen LogP contribution is 2.36. The highest BCUT2D eigenvalue weighted by atomic mass is 32.2. The number of methoxy groups -OCH3 is 2. The molecule has 2 N–H and O–H groups in total. The second-order valence-electron chi connectivity index (χ2n) is 8.40. The van der Waals surface area contributed by atoms with Crippen LogP contribution < -0.4 is 9.47 Å². The molecule has 0 fully saturated rings. The Hall–Kier alpha value is -4.28. The van der Waals surface area contributed by atoms with E-state index < -0.39 is 19.7 Å². The number of nitrogens with one attached hydrogen (secondary N) is 2. The minimum atomic E-state index is -3.79. The highest BCUT2D eigenvalue weighted by Gasteiger charge is 2.25. The zero-order valence-corrected chi connectivity index (χ0v) is 22.1. The van der Waals surface area contributed by atoms with E-state index in [-0.39, 0.29) is 19.6 Å². The molecule has 8 nitrogen and oxygen atoms in total. The second kappa shape index (κ2) is 9.88. The fourth-order valence-electron chi connectivity index (χ4n) is 4.19. The lowest BCUT2D eigenvalue weighted by Gasteiger charge is -2.09. The molecule has 0 amide bonds. The van der Waals surface area contributed by atoms with E-state index in [1.807, 2.05) is 0 Å². The third kappa shape index (κ3) is 4.48. The van der Waals surface area contributed by atoms with Gasteiger partial charge in [0, 0.05) is 35.9 Å². The van der Waals surface area contributed by atoms with Crippen LogP contribution in [0.3, 0.4) is 0 Å². The van der Waals surface area contributed by atoms with Crippen molar-refractivity contribution < 1.29 is 26.3 Å². The molecule has 0 spiro atoms. The number of ether oxygens (including phenoxy) is 2. The number of aromatic nitrogens is 2. The van der Waals surface area contributed by atoms with Crippen LogP contribution in [0.4, 0.5) is 0 Å². The standard InChI is InChI=1S/C28H24N2O6S2/c1-35-21-7-11-23(12-8-21)37(31,32)27-17-29-15-25(27)19-3-5-20(6-4-19)26-16-30-18-28(26)38(33,34)24-13-9-22(36-2)10-14-24/h3-18,29-30H,1-2H3. The molecule has 0 saturated heterocycles. The summed E-state index contributed by atoms with van der Waals surface area (Å²) in [6.07, 6.45) is 6.16. The van der Waals surface area contributed by atoms with Gasteiger partial charge in [-0.25, -0.2) is 16.8 Å². The van der Waals surface area contributed by atoms with Crippen LogP contribution in [0.25, 0.3) is 22.3 Å². The van der Waals surface area contributed by atoms with Crippen LogP contribution in [0, 0.1) is 0 Å². The zero-order valence-electron chi connectivity index (χ0n) is 20.5. The van der Waals surface area contributed by atoms with Gasteiger partial charge < -0.3 is 19.4 Å². The van der Waals surface area contributed by atoms with E-state index in [4.69, 9.17) is 9.47 Å². The molecule has 2 heterocycles. The van der Waals surface area contributed by atoms with Crippen molar-refractivity contribution in [2.24, 2.45) is 0 Å². The Labute approximate surface area is 220 Å². The van der Waals surface area contributed by atoms with E-state index in [9.17, 15) is 16.8 Å². The lowest BCUT2D eigenvalue weighted by atomic mass is 10.0. The number of benzene rings is 3. The molecule has 0 bridgehead atoms. The minimum Gasteiger partial charge on any atom is -0.497 e. The molecular formula is C28H24N2O6S2. The Morgan fingerprint density at radius 3 is 1.16 bits per heavy atom. The summed E-state index contributed by atoms with van der Waals surface area (Å²) in [7, 11) is -4.56. The van der Waals surface area contributed by atoms with Crippen LogP contribution in [0.2, 0.25) is 0 Å². The van der Waals surface area contributed by atoms with Gasteiger partial charge in [-0.3, -0.25) is 0 Å². The van der Waals surface area contributed by atoms with Crippen molar-refractivity contribution in [1.29, 1.82) is 0 Å². The zero-order chi connectivity index (χ0) is 26.9. The van der Waals surface area contributed by atoms with Gasteiger partial charge in [0.15, 0.2) is 0 Å². The van der Waals surface area contributed by atoms with Gasteiger partial charge >= 0.3 is 0 Å². The van der Waals surface area contributed by atoms with Crippen molar-refractivity contribution in [3.05, 3.63) is 97.6 Å². The second-order valence-corrected chi connectivity index (χ2v) is 12.2. The van der Waals surface area contributed by atoms with E-state index >= 15 is 0 Å². The molecule has 0 saturated carbocycles. The van der Waals surface area contributed by atoms with Crippen molar-refractivity contribution in [1.82, 2.24) is 9.97 Å². The van der Waals surface area contributed by atoms with Crippen molar-refractivity contribution in [3.8, 4) is 33.8 Å². The van der Waals surface area contributed by atoms with Gasteiger partial charge in [0.05, 0.1) is 33.8 Å². The van der Waals surface area contributed by atoms with Crippen LogP contribution in [0.1, 0.15) is 0 Å². The quantitative estimate of drug-likeness (QED) is 0.270. The predicted molar refractivity (Wildman–Crippen MR) is 143 cm³/mol. The number of rotatable bonds is 8. The largest absolute Gasteiger partial charge is 0.497 e. The normalized spacial score (nSPS) is 11.8. The molecule has 3 aromatic carbocycles. The van der Waals surface area contributed by atoms with Gasteiger partial charge in [-0.15, -0.1) is 0 Å². The lowest BCUT2D eigenvalue weighted by molar-refractivity contribution is 0.414. The summed E-state index contributed by atoms with van der Waals surface area (Å²) in [5, 5.41) is 0. The van der Waals surface area contributed by atoms with Gasteiger partial charge in [-0.1, -0.05) is 24.3 Å². The number of hydrogen-bond acceptors (Lipinski definition) is 6. The predicted octanol–water partition coefficient (Wildman–Crippen LogP) is 5.36. The van der Waals surface area contributed by atoms with Crippen molar-refractivity contribution in [2.75, 3.05) is 14.2 Å². The molecule has 0 aliphatic rings. The molecule has 2 aromatic heterocycles. The summed E-state index contributed by atoms with van der Waals surface area (Å²) >= 11 is 0. The van der Waals surface area contributed by atoms with Crippen LogP contribution in [-0.4, -0.2) is 41.0 Å². The summed E-state index contributed by atoms with van der Waals surface area (Å²) < 4.78 is 63.6. The third-order valence-corrected chi connectivity index (χ3v) is 9.86. The molecule has 194 valence electrons. The highest BCUT2D eigenvalue weighted by molar-refractivity contribution is 7.92. The van der Waals surface area contributed by atoms with E-state index in [0.717, 1.165) is 0 Å². The maximum Gasteiger partial charge on any atom is 0.208 e. The van der Waals surface area contributed by atoms with Gasteiger partial charge in [0.1, 0.15) is 11.5 Å². The molecule has 38 heavy (non-hydrogen) atoms. The topological polar surface area (TPSA) is 118 Å². The monoisotopic (exact) mass is 548 g/mol. The van der Waals surface area contributed by atoms with Crippen molar-refractivity contribution in [3.63, 3.8) is 0 Å². The molecule has 5 rings (SSSR count). The van der Waals surface area contributed by atoms with E-state index in [1.165, 1.54) is 50.9 Å². The Kier molecular flexibility index (Phi) is 6.60. The molecule has 10 heteroatoms. The third-order valence-electron chi connectivity index (χ3n) is 6.24. The molecular weight excluding hydrogens is 524 g/mol. The summed E-state index contributed by atoms with van der Waals surface area (Å²) in [6.45, 7) is 0. The summed E-state index contributed by atoms with van der Waals surface area (Å²) in [4.78, 5) is 6.37. The van der Waals surface area contributed by atoms with Crippen molar-refractivity contribution in [2.45, 2.75) is 19.6 Å². The molecule has 0 atom stereocenters. The Balaban J connectivity index is 1.47. The number of sulfone groups is 2. The first-order chi connectivity index (χ1) is 18.3. The van der Waals surface area contributed by atoms with E-state index in [0.29, 0.717) is 33.8 Å². The van der Waals surface area contributed by atoms with Crippen LogP contribution in [0.5, 0.6) is 11.5 Å². The number of H-pyrrole nitrogens is 2. The minimum absolute atomic E-state index is 0.139. The first kappa shape index (κ1) is 25.4. The van der Waals surface area contributed by atoms with Gasteiger partial charge in [-0.05, 0) is 59.7 Å². The van der Waals surface area contributed by atoms with Crippen LogP contribution in [0.15, 0.2) is 117 Å². The molecule has 0 aliphatic heterocycles. The Morgan fingerprint density at radius 1 is 0.500 bits per heavy atom.